The highest BCUT2D eigenvalue weighted by Crippen LogP contribution is 2.36. The molecule has 0 fully saturated rings. The predicted molar refractivity (Wildman–Crippen MR) is 71.9 cm³/mol. The molecule has 3 nitrogen and oxygen atoms in total. The molecule has 98 valence electrons. The van der Waals surface area contributed by atoms with E-state index in [1.807, 2.05) is 26.0 Å². The molecule has 1 N–H and O–H groups in total. The number of aliphatic hydroxyl groups is 1. The van der Waals surface area contributed by atoms with E-state index < -0.39 is 11.7 Å². The molecule has 0 saturated heterocycles. The number of ether oxygens (including phenoxy) is 1. The minimum absolute atomic E-state index is 0.476. The highest BCUT2D eigenvalue weighted by atomic mass is 35.5. The van der Waals surface area contributed by atoms with Gasteiger partial charge >= 0.3 is 0 Å². The highest BCUT2D eigenvalue weighted by molar-refractivity contribution is 6.34. The lowest BCUT2D eigenvalue weighted by Gasteiger charge is -2.30. The molecule has 0 bridgehead atoms. The molecule has 0 amide bonds. The van der Waals surface area contributed by atoms with Gasteiger partial charge in [-0.2, -0.15) is 0 Å². The maximum absolute atomic E-state index is 10.4. The Morgan fingerprint density at radius 3 is 2.78 bits per heavy atom. The van der Waals surface area contributed by atoms with Gasteiger partial charge in [-0.05, 0) is 25.5 Å². The van der Waals surface area contributed by atoms with Crippen molar-refractivity contribution in [3.05, 3.63) is 35.0 Å². The molecule has 0 aliphatic heterocycles. The number of para-hydroxylation sites is 1. The summed E-state index contributed by atoms with van der Waals surface area (Å²) in [6.07, 6.45) is -0.147. The van der Waals surface area contributed by atoms with Gasteiger partial charge in [0, 0.05) is 12.5 Å². The summed E-state index contributed by atoms with van der Waals surface area (Å²) in [6, 6.07) is 7.32. The molecular formula is C14H17ClO3. The normalized spacial score (nSPS) is 16.7. The molecule has 0 aliphatic rings. The molecule has 0 spiro atoms. The Morgan fingerprint density at radius 2 is 2.22 bits per heavy atom. The van der Waals surface area contributed by atoms with Crippen molar-refractivity contribution in [1.29, 1.82) is 0 Å². The minimum Gasteiger partial charge on any atom is -0.457 e. The largest absolute Gasteiger partial charge is 0.457 e. The number of methoxy groups -OCH3 is 1. The van der Waals surface area contributed by atoms with Crippen molar-refractivity contribution >= 4 is 22.6 Å². The number of benzene rings is 1. The summed E-state index contributed by atoms with van der Waals surface area (Å²) in [7, 11) is 1.59. The zero-order valence-electron chi connectivity index (χ0n) is 10.7. The van der Waals surface area contributed by atoms with Crippen LogP contribution >= 0.6 is 11.6 Å². The maximum atomic E-state index is 10.4. The van der Waals surface area contributed by atoms with Crippen LogP contribution in [-0.4, -0.2) is 17.8 Å². The van der Waals surface area contributed by atoms with E-state index in [1.165, 1.54) is 0 Å². The lowest BCUT2D eigenvalue weighted by Crippen LogP contribution is -2.34. The summed E-state index contributed by atoms with van der Waals surface area (Å²) in [5, 5.41) is 11.8. The second-order valence-corrected chi connectivity index (χ2v) is 4.99. The lowest BCUT2D eigenvalue weighted by atomic mass is 9.94. The number of hydrogen-bond donors (Lipinski definition) is 1. The summed E-state index contributed by atoms with van der Waals surface area (Å²) in [5.74, 6) is 0.476. The van der Waals surface area contributed by atoms with Crippen LogP contribution in [0.5, 0.6) is 0 Å². The molecule has 2 atom stereocenters. The Kier molecular flexibility index (Phi) is 3.66. The summed E-state index contributed by atoms with van der Waals surface area (Å²) in [4.78, 5) is 0. The van der Waals surface area contributed by atoms with Crippen LogP contribution in [0.1, 0.15) is 32.1 Å². The van der Waals surface area contributed by atoms with Gasteiger partial charge in [-0.3, -0.25) is 0 Å². The lowest BCUT2D eigenvalue weighted by molar-refractivity contribution is -0.101. The fourth-order valence-electron chi connectivity index (χ4n) is 1.93. The van der Waals surface area contributed by atoms with E-state index in [0.717, 1.165) is 5.39 Å². The zero-order chi connectivity index (χ0) is 13.3. The van der Waals surface area contributed by atoms with Crippen molar-refractivity contribution in [2.45, 2.75) is 32.0 Å². The zero-order valence-corrected chi connectivity index (χ0v) is 11.5. The number of hydrogen-bond acceptors (Lipinski definition) is 3. The van der Waals surface area contributed by atoms with Gasteiger partial charge < -0.3 is 14.3 Å². The molecule has 0 radical (unpaired) electrons. The quantitative estimate of drug-likeness (QED) is 0.913. The molecular weight excluding hydrogens is 252 g/mol. The number of halogens is 1. The van der Waals surface area contributed by atoms with Crippen LogP contribution < -0.4 is 0 Å². The van der Waals surface area contributed by atoms with Crippen molar-refractivity contribution < 1.29 is 14.3 Å². The van der Waals surface area contributed by atoms with Gasteiger partial charge in [-0.15, -0.1) is 0 Å². The third-order valence-corrected chi connectivity index (χ3v) is 3.83. The van der Waals surface area contributed by atoms with Gasteiger partial charge in [0.15, 0.2) is 5.58 Å². The first-order valence-electron chi connectivity index (χ1n) is 5.93. The third-order valence-electron chi connectivity index (χ3n) is 3.53. The van der Waals surface area contributed by atoms with Crippen molar-refractivity contribution in [2.75, 3.05) is 7.11 Å². The van der Waals surface area contributed by atoms with Crippen molar-refractivity contribution in [3.8, 4) is 0 Å². The van der Waals surface area contributed by atoms with Crippen molar-refractivity contribution in [3.63, 3.8) is 0 Å². The van der Waals surface area contributed by atoms with Gasteiger partial charge in [0.1, 0.15) is 11.9 Å². The average molecular weight is 269 g/mol. The molecule has 1 heterocycles. The van der Waals surface area contributed by atoms with Crippen molar-refractivity contribution in [1.82, 2.24) is 0 Å². The Hall–Kier alpha value is -1.03. The van der Waals surface area contributed by atoms with E-state index in [4.69, 9.17) is 20.8 Å². The fraction of sp³-hybridized carbons (Fsp3) is 0.429. The minimum atomic E-state index is -0.823. The Balaban J connectivity index is 2.45. The second-order valence-electron chi connectivity index (χ2n) is 4.58. The standard InChI is InChI=1S/C14H17ClO3/c1-4-14(2,17-3)13(16)11-8-9-6-5-7-10(15)12(9)18-11/h5-8,13,16H,4H2,1-3H3. The van der Waals surface area contributed by atoms with Gasteiger partial charge in [-0.1, -0.05) is 30.7 Å². The molecule has 1 aromatic carbocycles. The molecule has 2 aromatic rings. The monoisotopic (exact) mass is 268 g/mol. The van der Waals surface area contributed by atoms with Crippen LogP contribution in [0.4, 0.5) is 0 Å². The first kappa shape index (κ1) is 13.4. The van der Waals surface area contributed by atoms with E-state index in [-0.39, 0.29) is 0 Å². The molecule has 1 aromatic heterocycles. The van der Waals surface area contributed by atoms with Crippen LogP contribution in [0.15, 0.2) is 28.7 Å². The highest BCUT2D eigenvalue weighted by Gasteiger charge is 2.34. The van der Waals surface area contributed by atoms with E-state index in [1.54, 1.807) is 19.2 Å². The summed E-state index contributed by atoms with van der Waals surface area (Å²) in [6.45, 7) is 3.81. The fourth-order valence-corrected chi connectivity index (χ4v) is 2.15. The summed E-state index contributed by atoms with van der Waals surface area (Å²) < 4.78 is 11.0. The molecule has 18 heavy (non-hydrogen) atoms. The summed E-state index contributed by atoms with van der Waals surface area (Å²) >= 11 is 6.05. The first-order valence-corrected chi connectivity index (χ1v) is 6.31. The van der Waals surface area contributed by atoms with E-state index in [9.17, 15) is 5.11 Å². The Morgan fingerprint density at radius 1 is 1.50 bits per heavy atom. The van der Waals surface area contributed by atoms with E-state index in [0.29, 0.717) is 22.8 Å². The van der Waals surface area contributed by atoms with Gasteiger partial charge in [0.2, 0.25) is 0 Å². The molecule has 0 saturated carbocycles. The second kappa shape index (κ2) is 4.92. The van der Waals surface area contributed by atoms with Gasteiger partial charge in [-0.25, -0.2) is 0 Å². The third kappa shape index (κ3) is 2.14. The summed E-state index contributed by atoms with van der Waals surface area (Å²) in [5.41, 5.74) is -0.0665. The van der Waals surface area contributed by atoms with Crippen LogP contribution in [0.2, 0.25) is 5.02 Å². The Bertz CT molecular complexity index is 543. The van der Waals surface area contributed by atoms with Crippen LogP contribution in [0.25, 0.3) is 11.0 Å². The van der Waals surface area contributed by atoms with Crippen molar-refractivity contribution in [2.24, 2.45) is 0 Å². The number of rotatable bonds is 4. The van der Waals surface area contributed by atoms with Gasteiger partial charge in [0.05, 0.1) is 10.6 Å². The number of furan rings is 1. The average Bonchev–Trinajstić information content (AvgIpc) is 2.82. The van der Waals surface area contributed by atoms with Gasteiger partial charge in [0.25, 0.3) is 0 Å². The molecule has 2 unspecified atom stereocenters. The molecule has 0 aliphatic carbocycles. The molecule has 2 rings (SSSR count). The van der Waals surface area contributed by atoms with E-state index >= 15 is 0 Å². The number of fused-ring (bicyclic) bond motifs is 1. The topological polar surface area (TPSA) is 42.6 Å². The first-order chi connectivity index (χ1) is 8.51. The maximum Gasteiger partial charge on any atom is 0.152 e. The van der Waals surface area contributed by atoms with E-state index in [2.05, 4.69) is 0 Å². The van der Waals surface area contributed by atoms with Crippen LogP contribution in [0, 0.1) is 0 Å². The predicted octanol–water partition coefficient (Wildman–Crippen LogP) is 3.93. The SMILES string of the molecule is CCC(C)(OC)C(O)c1cc2cccc(Cl)c2o1. The van der Waals surface area contributed by atoms with Crippen LogP contribution in [0.3, 0.4) is 0 Å². The number of aliphatic hydroxyl groups excluding tert-OH is 1. The smallest absolute Gasteiger partial charge is 0.152 e. The molecule has 4 heteroatoms. The van der Waals surface area contributed by atoms with Crippen LogP contribution in [-0.2, 0) is 4.74 Å². The Labute approximate surface area is 111 Å².